The molecule has 0 saturated heterocycles. The lowest BCUT2D eigenvalue weighted by Gasteiger charge is -2.29. The van der Waals surface area contributed by atoms with Gasteiger partial charge in [0, 0.05) is 6.42 Å². The monoisotopic (exact) mass is 319 g/mol. The molecule has 1 aliphatic rings. The molecule has 2 rings (SSSR count). The molecule has 0 bridgehead atoms. The first kappa shape index (κ1) is 16.2. The Kier molecular flexibility index (Phi) is 4.67. The number of carbonyl (C=O) groups excluding carboxylic acids is 2. The SMILES string of the molecule is NC(=O)c1n[nH]nc1NC(=O)CC1CCC(C(F)(F)F)CC1. The van der Waals surface area contributed by atoms with Gasteiger partial charge in [0.25, 0.3) is 5.91 Å². The van der Waals surface area contributed by atoms with E-state index in [4.69, 9.17) is 5.73 Å². The van der Waals surface area contributed by atoms with Gasteiger partial charge in [-0.3, -0.25) is 9.59 Å². The fourth-order valence-corrected chi connectivity index (χ4v) is 2.63. The fourth-order valence-electron chi connectivity index (χ4n) is 2.63. The van der Waals surface area contributed by atoms with Gasteiger partial charge < -0.3 is 11.1 Å². The van der Waals surface area contributed by atoms with Crippen molar-refractivity contribution in [2.75, 3.05) is 5.32 Å². The van der Waals surface area contributed by atoms with Crippen LogP contribution in [0.15, 0.2) is 0 Å². The number of nitrogens with two attached hydrogens (primary N) is 1. The van der Waals surface area contributed by atoms with Gasteiger partial charge >= 0.3 is 6.18 Å². The predicted molar refractivity (Wildman–Crippen MR) is 69.7 cm³/mol. The van der Waals surface area contributed by atoms with Crippen LogP contribution in [0.5, 0.6) is 0 Å². The molecule has 1 fully saturated rings. The van der Waals surface area contributed by atoms with Crippen molar-refractivity contribution in [1.82, 2.24) is 15.4 Å². The number of halogens is 3. The number of aromatic amines is 1. The predicted octanol–water partition coefficient (Wildman–Crippen LogP) is 1.60. The maximum atomic E-state index is 12.6. The Labute approximate surface area is 123 Å². The summed E-state index contributed by atoms with van der Waals surface area (Å²) in [5.74, 6) is -2.71. The zero-order chi connectivity index (χ0) is 16.3. The van der Waals surface area contributed by atoms with Crippen LogP contribution in [0.2, 0.25) is 0 Å². The summed E-state index contributed by atoms with van der Waals surface area (Å²) in [6, 6.07) is 0. The zero-order valence-electron chi connectivity index (χ0n) is 11.6. The summed E-state index contributed by atoms with van der Waals surface area (Å²) in [5, 5.41) is 11.7. The van der Waals surface area contributed by atoms with E-state index in [-0.39, 0.29) is 36.7 Å². The number of hydrogen-bond donors (Lipinski definition) is 3. The molecule has 2 amide bonds. The summed E-state index contributed by atoms with van der Waals surface area (Å²) in [4.78, 5) is 22.9. The topological polar surface area (TPSA) is 114 Å². The van der Waals surface area contributed by atoms with Crippen LogP contribution in [0.1, 0.15) is 42.6 Å². The molecule has 0 unspecified atom stereocenters. The zero-order valence-corrected chi connectivity index (χ0v) is 11.6. The number of rotatable bonds is 4. The van der Waals surface area contributed by atoms with Crippen molar-refractivity contribution in [3.05, 3.63) is 5.69 Å². The van der Waals surface area contributed by atoms with Crippen molar-refractivity contribution in [3.8, 4) is 0 Å². The molecule has 4 N–H and O–H groups in total. The van der Waals surface area contributed by atoms with Gasteiger partial charge in [-0.25, -0.2) is 0 Å². The molecular weight excluding hydrogens is 303 g/mol. The number of hydrogen-bond acceptors (Lipinski definition) is 4. The average Bonchev–Trinajstić information content (AvgIpc) is 2.86. The minimum Gasteiger partial charge on any atom is -0.364 e. The van der Waals surface area contributed by atoms with Crippen molar-refractivity contribution in [2.45, 2.75) is 38.3 Å². The maximum Gasteiger partial charge on any atom is 0.391 e. The van der Waals surface area contributed by atoms with Gasteiger partial charge in [0.1, 0.15) is 0 Å². The Hall–Kier alpha value is -2.13. The van der Waals surface area contributed by atoms with E-state index < -0.39 is 23.9 Å². The first-order valence-electron chi connectivity index (χ1n) is 6.84. The number of anilines is 1. The lowest BCUT2D eigenvalue weighted by atomic mass is 9.80. The molecular formula is C12H16F3N5O2. The lowest BCUT2D eigenvalue weighted by molar-refractivity contribution is -0.183. The quantitative estimate of drug-likeness (QED) is 0.782. The van der Waals surface area contributed by atoms with Crippen molar-refractivity contribution in [1.29, 1.82) is 0 Å². The Morgan fingerprint density at radius 1 is 1.23 bits per heavy atom. The average molecular weight is 319 g/mol. The van der Waals surface area contributed by atoms with E-state index >= 15 is 0 Å². The van der Waals surface area contributed by atoms with Crippen molar-refractivity contribution in [2.24, 2.45) is 17.6 Å². The Morgan fingerprint density at radius 2 is 1.86 bits per heavy atom. The van der Waals surface area contributed by atoms with Gasteiger partial charge in [0.05, 0.1) is 5.92 Å². The van der Waals surface area contributed by atoms with Crippen LogP contribution in [-0.4, -0.2) is 33.4 Å². The van der Waals surface area contributed by atoms with Gasteiger partial charge in [-0.1, -0.05) is 0 Å². The van der Waals surface area contributed by atoms with E-state index in [1.165, 1.54) is 0 Å². The van der Waals surface area contributed by atoms with Gasteiger partial charge in [0.2, 0.25) is 5.91 Å². The fraction of sp³-hybridized carbons (Fsp3) is 0.667. The molecule has 0 radical (unpaired) electrons. The Balaban J connectivity index is 1.84. The van der Waals surface area contributed by atoms with Gasteiger partial charge in [0.15, 0.2) is 11.5 Å². The van der Waals surface area contributed by atoms with Gasteiger partial charge in [-0.2, -0.15) is 18.4 Å². The smallest absolute Gasteiger partial charge is 0.364 e. The second kappa shape index (κ2) is 6.32. The van der Waals surface area contributed by atoms with E-state index in [1.807, 2.05) is 0 Å². The van der Waals surface area contributed by atoms with Crippen molar-refractivity contribution >= 4 is 17.6 Å². The Morgan fingerprint density at radius 3 is 2.41 bits per heavy atom. The van der Waals surface area contributed by atoms with Gasteiger partial charge in [-0.15, -0.1) is 10.2 Å². The van der Waals surface area contributed by atoms with E-state index in [9.17, 15) is 22.8 Å². The standard InChI is InChI=1S/C12H16F3N5O2/c13-12(14,15)7-3-1-6(2-4-7)5-8(21)17-11-9(10(16)22)18-20-19-11/h6-7H,1-5H2,(H2,16,22)(H2,17,18,19,20,21). The van der Waals surface area contributed by atoms with Crippen LogP contribution < -0.4 is 11.1 Å². The highest BCUT2D eigenvalue weighted by Gasteiger charge is 2.41. The number of amides is 2. The molecule has 7 nitrogen and oxygen atoms in total. The number of H-pyrrole nitrogens is 1. The third kappa shape index (κ3) is 3.95. The van der Waals surface area contributed by atoms with Gasteiger partial charge in [-0.05, 0) is 31.6 Å². The number of alkyl halides is 3. The van der Waals surface area contributed by atoms with Crippen LogP contribution >= 0.6 is 0 Å². The summed E-state index contributed by atoms with van der Waals surface area (Å²) < 4.78 is 37.7. The van der Waals surface area contributed by atoms with E-state index in [0.29, 0.717) is 12.8 Å². The minimum absolute atomic E-state index is 0.0396. The number of carbonyl (C=O) groups is 2. The van der Waals surface area contributed by atoms with Crippen LogP contribution in [0.25, 0.3) is 0 Å². The second-order valence-electron chi connectivity index (χ2n) is 5.40. The number of aromatic nitrogens is 3. The van der Waals surface area contributed by atoms with E-state index in [2.05, 4.69) is 20.7 Å². The van der Waals surface area contributed by atoms with Crippen LogP contribution in [-0.2, 0) is 4.79 Å². The first-order chi connectivity index (χ1) is 10.3. The van der Waals surface area contributed by atoms with E-state index in [0.717, 1.165) is 0 Å². The Bertz CT molecular complexity index is 549. The second-order valence-corrected chi connectivity index (χ2v) is 5.40. The lowest BCUT2D eigenvalue weighted by Crippen LogP contribution is -2.29. The van der Waals surface area contributed by atoms with Crippen molar-refractivity contribution < 1.29 is 22.8 Å². The molecule has 0 atom stereocenters. The first-order valence-corrected chi connectivity index (χ1v) is 6.84. The molecule has 0 spiro atoms. The van der Waals surface area contributed by atoms with Crippen molar-refractivity contribution in [3.63, 3.8) is 0 Å². The molecule has 1 heterocycles. The third-order valence-electron chi connectivity index (χ3n) is 3.82. The van der Waals surface area contributed by atoms with Crippen LogP contribution in [0, 0.1) is 11.8 Å². The minimum atomic E-state index is -4.16. The molecule has 122 valence electrons. The highest BCUT2D eigenvalue weighted by atomic mass is 19.4. The molecule has 0 aromatic carbocycles. The summed E-state index contributed by atoms with van der Waals surface area (Å²) in [5.41, 5.74) is 4.87. The molecule has 1 saturated carbocycles. The van der Waals surface area contributed by atoms with Crippen LogP contribution in [0.3, 0.4) is 0 Å². The molecule has 0 aliphatic heterocycles. The summed E-state index contributed by atoms with van der Waals surface area (Å²) in [6.07, 6.45) is -3.31. The highest BCUT2D eigenvalue weighted by molar-refractivity contribution is 6.00. The summed E-state index contributed by atoms with van der Waals surface area (Å²) >= 11 is 0. The van der Waals surface area contributed by atoms with E-state index in [1.54, 1.807) is 0 Å². The highest BCUT2D eigenvalue weighted by Crippen LogP contribution is 2.40. The summed E-state index contributed by atoms with van der Waals surface area (Å²) in [7, 11) is 0. The van der Waals surface area contributed by atoms with Crippen LogP contribution in [0.4, 0.5) is 19.0 Å². The maximum absolute atomic E-state index is 12.6. The molecule has 22 heavy (non-hydrogen) atoms. The molecule has 1 aromatic heterocycles. The molecule has 10 heteroatoms. The molecule has 1 aromatic rings. The normalized spacial score (nSPS) is 22.3. The number of nitrogens with zero attached hydrogens (tertiary/aromatic N) is 2. The molecule has 1 aliphatic carbocycles. The number of nitrogens with one attached hydrogen (secondary N) is 2. The summed E-state index contributed by atoms with van der Waals surface area (Å²) in [6.45, 7) is 0. The third-order valence-corrected chi connectivity index (χ3v) is 3.82. The largest absolute Gasteiger partial charge is 0.391 e. The number of primary amides is 1.